The number of tetrazole rings is 1. The van der Waals surface area contributed by atoms with Crippen LogP contribution in [0.1, 0.15) is 61.2 Å². The first kappa shape index (κ1) is 24.5. The Morgan fingerprint density at radius 2 is 1.86 bits per heavy atom. The lowest BCUT2D eigenvalue weighted by Crippen LogP contribution is -2.47. The molecule has 0 saturated heterocycles. The number of carbonyl (C=O) groups excluding carboxylic acids is 2. The molecule has 4 aromatic rings. The van der Waals surface area contributed by atoms with Crippen molar-refractivity contribution in [1.29, 1.82) is 0 Å². The second kappa shape index (κ2) is 10.9. The summed E-state index contributed by atoms with van der Waals surface area (Å²) in [6, 6.07) is 9.62. The Kier molecular flexibility index (Phi) is 7.20. The fourth-order valence-corrected chi connectivity index (χ4v) is 4.62. The van der Waals surface area contributed by atoms with Crippen LogP contribution in [-0.2, 0) is 22.7 Å². The number of carbonyl (C=O) groups is 2. The standard InChI is InChI=1S/C26H30N6O5/c1-17-10-12-21(36-17)24(26(34)27-19-7-4-3-5-8-19)31(15-20-9-6-14-35-20)23(33)16-32-29-25(28-30-32)22-13-11-18(2)37-22/h6,9-14,19,24H,3-5,7-8,15-16H2,1-2H3,(H,27,34). The smallest absolute Gasteiger partial charge is 0.250 e. The Balaban J connectivity index is 1.42. The number of rotatable bonds is 9. The van der Waals surface area contributed by atoms with Gasteiger partial charge in [0, 0.05) is 6.04 Å². The molecule has 1 saturated carbocycles. The maximum absolute atomic E-state index is 13.7. The van der Waals surface area contributed by atoms with Gasteiger partial charge in [0.1, 0.15) is 29.6 Å². The van der Waals surface area contributed by atoms with Gasteiger partial charge in [-0.15, -0.1) is 10.2 Å². The third-order valence-electron chi connectivity index (χ3n) is 6.46. The Labute approximate surface area is 213 Å². The third-order valence-corrected chi connectivity index (χ3v) is 6.46. The van der Waals surface area contributed by atoms with Gasteiger partial charge in [-0.05, 0) is 68.3 Å². The average Bonchev–Trinajstić information content (AvgIpc) is 3.69. The predicted octanol–water partition coefficient (Wildman–Crippen LogP) is 3.95. The second-order valence-corrected chi connectivity index (χ2v) is 9.35. The van der Waals surface area contributed by atoms with Crippen LogP contribution in [0.2, 0.25) is 0 Å². The highest BCUT2D eigenvalue weighted by molar-refractivity contribution is 5.88. The van der Waals surface area contributed by atoms with Crippen LogP contribution in [-0.4, -0.2) is 43.0 Å². The predicted molar refractivity (Wildman–Crippen MR) is 131 cm³/mol. The first-order chi connectivity index (χ1) is 18.0. The zero-order chi connectivity index (χ0) is 25.8. The van der Waals surface area contributed by atoms with E-state index in [9.17, 15) is 9.59 Å². The van der Waals surface area contributed by atoms with Crippen molar-refractivity contribution in [2.45, 2.75) is 71.1 Å². The molecule has 4 aromatic heterocycles. The first-order valence-corrected chi connectivity index (χ1v) is 12.5. The van der Waals surface area contributed by atoms with Gasteiger partial charge in [0.25, 0.3) is 5.91 Å². The summed E-state index contributed by atoms with van der Waals surface area (Å²) < 4.78 is 17.0. The van der Waals surface area contributed by atoms with Crippen molar-refractivity contribution in [2.24, 2.45) is 0 Å². The number of nitrogens with one attached hydrogen (secondary N) is 1. The van der Waals surface area contributed by atoms with Crippen molar-refractivity contribution in [2.75, 3.05) is 0 Å². The third kappa shape index (κ3) is 5.82. The SMILES string of the molecule is Cc1ccc(-c2nnn(CC(=O)N(Cc3ccco3)C(C(=O)NC3CCCCC3)c3ccc(C)o3)n2)o1. The van der Waals surface area contributed by atoms with Crippen LogP contribution in [0.3, 0.4) is 0 Å². The summed E-state index contributed by atoms with van der Waals surface area (Å²) in [5.74, 6) is 2.31. The molecule has 194 valence electrons. The van der Waals surface area contributed by atoms with Crippen molar-refractivity contribution in [3.8, 4) is 11.6 Å². The number of hydrogen-bond acceptors (Lipinski definition) is 8. The molecule has 1 aliphatic carbocycles. The molecule has 1 aliphatic rings. The van der Waals surface area contributed by atoms with Gasteiger partial charge in [-0.25, -0.2) is 0 Å². The summed E-state index contributed by atoms with van der Waals surface area (Å²) in [6.45, 7) is 3.45. The van der Waals surface area contributed by atoms with Gasteiger partial charge in [0.05, 0.1) is 12.8 Å². The van der Waals surface area contributed by atoms with Crippen molar-refractivity contribution in [3.63, 3.8) is 0 Å². The van der Waals surface area contributed by atoms with E-state index in [1.807, 2.05) is 6.92 Å². The Morgan fingerprint density at radius 3 is 2.54 bits per heavy atom. The Hall–Kier alpha value is -4.15. The molecular formula is C26H30N6O5. The minimum absolute atomic E-state index is 0.0628. The quantitative estimate of drug-likeness (QED) is 0.361. The molecule has 1 atom stereocenters. The molecule has 1 unspecified atom stereocenters. The zero-order valence-corrected chi connectivity index (χ0v) is 20.9. The van der Waals surface area contributed by atoms with E-state index in [0.717, 1.165) is 25.7 Å². The number of nitrogens with zero attached hydrogens (tertiary/aromatic N) is 5. The highest BCUT2D eigenvalue weighted by Gasteiger charge is 2.36. The fraction of sp³-hybridized carbons (Fsp3) is 0.423. The summed E-state index contributed by atoms with van der Waals surface area (Å²) in [5, 5.41) is 15.5. The lowest BCUT2D eigenvalue weighted by Gasteiger charge is -2.31. The molecule has 0 bridgehead atoms. The molecule has 0 spiro atoms. The van der Waals surface area contributed by atoms with Gasteiger partial charge in [0.2, 0.25) is 11.7 Å². The van der Waals surface area contributed by atoms with E-state index in [4.69, 9.17) is 13.3 Å². The lowest BCUT2D eigenvalue weighted by molar-refractivity contribution is -0.143. The number of furan rings is 3. The van der Waals surface area contributed by atoms with Crippen LogP contribution in [0, 0.1) is 13.8 Å². The number of amides is 2. The molecular weight excluding hydrogens is 476 g/mol. The molecule has 11 heteroatoms. The van der Waals surface area contributed by atoms with E-state index < -0.39 is 11.9 Å². The van der Waals surface area contributed by atoms with Gasteiger partial charge < -0.3 is 23.5 Å². The summed E-state index contributed by atoms with van der Waals surface area (Å²) in [5.41, 5.74) is 0. The van der Waals surface area contributed by atoms with E-state index >= 15 is 0 Å². The van der Waals surface area contributed by atoms with E-state index in [1.165, 1.54) is 22.4 Å². The summed E-state index contributed by atoms with van der Waals surface area (Å²) in [4.78, 5) is 30.0. The Bertz CT molecular complexity index is 1330. The maximum Gasteiger partial charge on any atom is 0.250 e. The van der Waals surface area contributed by atoms with E-state index in [1.54, 1.807) is 43.3 Å². The number of hydrogen-bond donors (Lipinski definition) is 1. The zero-order valence-electron chi connectivity index (χ0n) is 20.9. The van der Waals surface area contributed by atoms with Crippen molar-refractivity contribution in [3.05, 3.63) is 65.7 Å². The summed E-state index contributed by atoms with van der Waals surface area (Å²) in [6.07, 6.45) is 6.67. The van der Waals surface area contributed by atoms with Crippen LogP contribution in [0.4, 0.5) is 0 Å². The molecule has 0 radical (unpaired) electrons. The van der Waals surface area contributed by atoms with Gasteiger partial charge >= 0.3 is 0 Å². The fourth-order valence-electron chi connectivity index (χ4n) is 4.62. The Morgan fingerprint density at radius 1 is 1.08 bits per heavy atom. The van der Waals surface area contributed by atoms with Crippen LogP contribution in [0.25, 0.3) is 11.6 Å². The molecule has 1 fully saturated rings. The van der Waals surface area contributed by atoms with Gasteiger partial charge in [0.15, 0.2) is 11.8 Å². The monoisotopic (exact) mass is 506 g/mol. The van der Waals surface area contributed by atoms with Crippen LogP contribution >= 0.6 is 0 Å². The van der Waals surface area contributed by atoms with Crippen molar-refractivity contribution in [1.82, 2.24) is 30.4 Å². The van der Waals surface area contributed by atoms with E-state index in [0.29, 0.717) is 28.8 Å². The highest BCUT2D eigenvalue weighted by Crippen LogP contribution is 2.28. The molecule has 5 rings (SSSR count). The normalized spacial score (nSPS) is 15.0. The number of aryl methyl sites for hydroxylation is 2. The molecule has 0 aromatic carbocycles. The van der Waals surface area contributed by atoms with Crippen LogP contribution < -0.4 is 5.32 Å². The van der Waals surface area contributed by atoms with Crippen LogP contribution in [0.5, 0.6) is 0 Å². The van der Waals surface area contributed by atoms with Gasteiger partial charge in [-0.1, -0.05) is 19.3 Å². The molecule has 1 N–H and O–H groups in total. The van der Waals surface area contributed by atoms with E-state index in [-0.39, 0.29) is 30.9 Å². The largest absolute Gasteiger partial charge is 0.467 e. The molecule has 4 heterocycles. The lowest BCUT2D eigenvalue weighted by atomic mass is 9.95. The van der Waals surface area contributed by atoms with Crippen molar-refractivity contribution < 1.29 is 22.8 Å². The minimum atomic E-state index is -0.996. The van der Waals surface area contributed by atoms with Crippen LogP contribution in [0.15, 0.2) is 55.9 Å². The van der Waals surface area contributed by atoms with Gasteiger partial charge in [-0.2, -0.15) is 4.80 Å². The molecule has 0 aliphatic heterocycles. The molecule has 37 heavy (non-hydrogen) atoms. The minimum Gasteiger partial charge on any atom is -0.467 e. The van der Waals surface area contributed by atoms with E-state index in [2.05, 4.69) is 20.7 Å². The summed E-state index contributed by atoms with van der Waals surface area (Å²) >= 11 is 0. The average molecular weight is 507 g/mol. The molecule has 11 nitrogen and oxygen atoms in total. The number of aromatic nitrogens is 4. The maximum atomic E-state index is 13.7. The summed E-state index contributed by atoms with van der Waals surface area (Å²) in [7, 11) is 0. The van der Waals surface area contributed by atoms with Gasteiger partial charge in [-0.3, -0.25) is 9.59 Å². The molecule has 2 amide bonds. The first-order valence-electron chi connectivity index (χ1n) is 12.5. The van der Waals surface area contributed by atoms with Crippen molar-refractivity contribution >= 4 is 11.8 Å². The highest BCUT2D eigenvalue weighted by atomic mass is 16.3. The second-order valence-electron chi connectivity index (χ2n) is 9.35. The topological polar surface area (TPSA) is 132 Å².